The maximum atomic E-state index is 12.6. The van der Waals surface area contributed by atoms with Crippen LogP contribution in [0.3, 0.4) is 0 Å². The van der Waals surface area contributed by atoms with Crippen LogP contribution in [0, 0.1) is 11.8 Å². The molecular weight excluding hydrogens is 298 g/mol. The standard InChI is InChI=1S/C21H25NO2/c1-15-8-6-13-20(16(15)2)22-21(23)17-9-7-12-19(14-17)24-18-10-4-3-5-11-18/h3-5,7,9-12,14-16,20H,6,8,13H2,1-2H3,(H,22,23)/t15-,16+,20-/m0/s1. The molecule has 0 heterocycles. The number of hydrogen-bond acceptors (Lipinski definition) is 2. The molecule has 0 bridgehead atoms. The largest absolute Gasteiger partial charge is 0.457 e. The molecule has 2 aromatic rings. The zero-order chi connectivity index (χ0) is 16.9. The van der Waals surface area contributed by atoms with Gasteiger partial charge < -0.3 is 10.1 Å². The van der Waals surface area contributed by atoms with Crippen molar-refractivity contribution in [1.82, 2.24) is 5.32 Å². The van der Waals surface area contributed by atoms with Crippen LogP contribution in [0.5, 0.6) is 11.5 Å². The van der Waals surface area contributed by atoms with Crippen LogP contribution in [0.1, 0.15) is 43.5 Å². The average Bonchev–Trinajstić information content (AvgIpc) is 2.60. The van der Waals surface area contributed by atoms with Gasteiger partial charge in [0.2, 0.25) is 0 Å². The van der Waals surface area contributed by atoms with Gasteiger partial charge in [0.25, 0.3) is 5.91 Å². The van der Waals surface area contributed by atoms with Gasteiger partial charge in [0.05, 0.1) is 0 Å². The van der Waals surface area contributed by atoms with Crippen molar-refractivity contribution in [3.63, 3.8) is 0 Å². The molecule has 3 atom stereocenters. The fourth-order valence-electron chi connectivity index (χ4n) is 3.36. The second-order valence-corrected chi connectivity index (χ2v) is 6.79. The molecule has 0 aromatic heterocycles. The van der Waals surface area contributed by atoms with Gasteiger partial charge in [-0.2, -0.15) is 0 Å². The number of nitrogens with one attached hydrogen (secondary N) is 1. The first kappa shape index (κ1) is 16.6. The third kappa shape index (κ3) is 3.97. The summed E-state index contributed by atoms with van der Waals surface area (Å²) in [6, 6.07) is 17.2. The highest BCUT2D eigenvalue weighted by molar-refractivity contribution is 5.94. The number of amides is 1. The van der Waals surface area contributed by atoms with Crippen molar-refractivity contribution in [2.45, 2.75) is 39.2 Å². The normalized spacial score (nSPS) is 23.5. The number of rotatable bonds is 4. The van der Waals surface area contributed by atoms with E-state index in [-0.39, 0.29) is 11.9 Å². The first-order valence-corrected chi connectivity index (χ1v) is 8.77. The maximum Gasteiger partial charge on any atom is 0.251 e. The second kappa shape index (κ2) is 7.52. The predicted molar refractivity (Wildman–Crippen MR) is 96.4 cm³/mol. The molecule has 0 unspecified atom stereocenters. The Labute approximate surface area is 144 Å². The predicted octanol–water partition coefficient (Wildman–Crippen LogP) is 5.03. The minimum absolute atomic E-state index is 0.0144. The highest BCUT2D eigenvalue weighted by atomic mass is 16.5. The fraction of sp³-hybridized carbons (Fsp3) is 0.381. The molecule has 0 spiro atoms. The highest BCUT2D eigenvalue weighted by Crippen LogP contribution is 2.30. The van der Waals surface area contributed by atoms with Gasteiger partial charge in [0, 0.05) is 11.6 Å². The topological polar surface area (TPSA) is 38.3 Å². The van der Waals surface area contributed by atoms with Gasteiger partial charge in [-0.15, -0.1) is 0 Å². The summed E-state index contributed by atoms with van der Waals surface area (Å²) in [7, 11) is 0. The minimum atomic E-state index is -0.0144. The molecule has 1 fully saturated rings. The van der Waals surface area contributed by atoms with Crippen molar-refractivity contribution in [3.05, 3.63) is 60.2 Å². The SMILES string of the molecule is C[C@H]1[C@@H](NC(=O)c2cccc(Oc3ccccc3)c2)CCC[C@@H]1C. The Morgan fingerprint density at radius 1 is 1.00 bits per heavy atom. The summed E-state index contributed by atoms with van der Waals surface area (Å²) in [5.74, 6) is 2.62. The van der Waals surface area contributed by atoms with Crippen molar-refractivity contribution in [2.24, 2.45) is 11.8 Å². The van der Waals surface area contributed by atoms with E-state index in [4.69, 9.17) is 4.74 Å². The van der Waals surface area contributed by atoms with Crippen LogP contribution in [0.4, 0.5) is 0 Å². The summed E-state index contributed by atoms with van der Waals surface area (Å²) in [6.45, 7) is 4.51. The molecule has 24 heavy (non-hydrogen) atoms. The van der Waals surface area contributed by atoms with Crippen LogP contribution < -0.4 is 10.1 Å². The molecule has 2 aromatic carbocycles. The molecule has 1 N–H and O–H groups in total. The van der Waals surface area contributed by atoms with Crippen LogP contribution in [0.15, 0.2) is 54.6 Å². The van der Waals surface area contributed by atoms with Crippen molar-refractivity contribution < 1.29 is 9.53 Å². The van der Waals surface area contributed by atoms with Crippen molar-refractivity contribution >= 4 is 5.91 Å². The van der Waals surface area contributed by atoms with E-state index >= 15 is 0 Å². The van der Waals surface area contributed by atoms with Gasteiger partial charge in [0.1, 0.15) is 11.5 Å². The monoisotopic (exact) mass is 323 g/mol. The Kier molecular flexibility index (Phi) is 5.19. The highest BCUT2D eigenvalue weighted by Gasteiger charge is 2.28. The third-order valence-corrected chi connectivity index (χ3v) is 5.10. The van der Waals surface area contributed by atoms with Crippen LogP contribution in [0.2, 0.25) is 0 Å². The van der Waals surface area contributed by atoms with Crippen molar-refractivity contribution in [3.8, 4) is 11.5 Å². The van der Waals surface area contributed by atoms with E-state index in [0.29, 0.717) is 23.1 Å². The van der Waals surface area contributed by atoms with Crippen LogP contribution in [0.25, 0.3) is 0 Å². The number of hydrogen-bond donors (Lipinski definition) is 1. The van der Waals surface area contributed by atoms with E-state index in [2.05, 4.69) is 19.2 Å². The first-order chi connectivity index (χ1) is 11.6. The number of carbonyl (C=O) groups is 1. The molecule has 0 aliphatic heterocycles. The Balaban J connectivity index is 1.68. The van der Waals surface area contributed by atoms with Crippen molar-refractivity contribution in [2.75, 3.05) is 0 Å². The zero-order valence-electron chi connectivity index (χ0n) is 14.4. The summed E-state index contributed by atoms with van der Waals surface area (Å²) < 4.78 is 5.82. The molecule has 3 rings (SSSR count). The Morgan fingerprint density at radius 2 is 1.75 bits per heavy atom. The maximum absolute atomic E-state index is 12.6. The first-order valence-electron chi connectivity index (χ1n) is 8.77. The summed E-state index contributed by atoms with van der Waals surface area (Å²) >= 11 is 0. The van der Waals surface area contributed by atoms with Gasteiger partial charge >= 0.3 is 0 Å². The Morgan fingerprint density at radius 3 is 2.54 bits per heavy atom. The quantitative estimate of drug-likeness (QED) is 0.856. The second-order valence-electron chi connectivity index (χ2n) is 6.79. The smallest absolute Gasteiger partial charge is 0.251 e. The van der Waals surface area contributed by atoms with E-state index in [1.807, 2.05) is 48.5 Å². The van der Waals surface area contributed by atoms with Crippen LogP contribution in [-0.2, 0) is 0 Å². The molecule has 1 amide bonds. The third-order valence-electron chi connectivity index (χ3n) is 5.10. The Hall–Kier alpha value is -2.29. The number of para-hydroxylation sites is 1. The van der Waals surface area contributed by atoms with E-state index in [1.165, 1.54) is 12.8 Å². The van der Waals surface area contributed by atoms with Gasteiger partial charge in [-0.25, -0.2) is 0 Å². The molecule has 1 saturated carbocycles. The molecule has 1 aliphatic rings. The van der Waals surface area contributed by atoms with E-state index in [1.54, 1.807) is 6.07 Å². The molecule has 0 saturated heterocycles. The van der Waals surface area contributed by atoms with Gasteiger partial charge in [0.15, 0.2) is 0 Å². The molecule has 3 heteroatoms. The van der Waals surface area contributed by atoms with E-state index in [0.717, 1.165) is 12.2 Å². The molecule has 126 valence electrons. The molecule has 3 nitrogen and oxygen atoms in total. The fourth-order valence-corrected chi connectivity index (χ4v) is 3.36. The summed E-state index contributed by atoms with van der Waals surface area (Å²) in [5, 5.41) is 3.21. The van der Waals surface area contributed by atoms with Crippen LogP contribution in [-0.4, -0.2) is 11.9 Å². The van der Waals surface area contributed by atoms with Gasteiger partial charge in [-0.1, -0.05) is 51.0 Å². The lowest BCUT2D eigenvalue weighted by Gasteiger charge is -2.34. The lowest BCUT2D eigenvalue weighted by molar-refractivity contribution is 0.0890. The van der Waals surface area contributed by atoms with E-state index < -0.39 is 0 Å². The zero-order valence-corrected chi connectivity index (χ0v) is 14.4. The van der Waals surface area contributed by atoms with Crippen LogP contribution >= 0.6 is 0 Å². The summed E-state index contributed by atoms with van der Waals surface area (Å²) in [5.41, 5.74) is 0.647. The lowest BCUT2D eigenvalue weighted by Crippen LogP contribution is -2.43. The van der Waals surface area contributed by atoms with Gasteiger partial charge in [-0.3, -0.25) is 4.79 Å². The number of ether oxygens (including phenoxy) is 1. The molecule has 1 aliphatic carbocycles. The summed E-state index contributed by atoms with van der Waals surface area (Å²) in [4.78, 5) is 12.6. The lowest BCUT2D eigenvalue weighted by atomic mass is 9.78. The van der Waals surface area contributed by atoms with Crippen molar-refractivity contribution in [1.29, 1.82) is 0 Å². The molecule has 0 radical (unpaired) electrons. The van der Waals surface area contributed by atoms with E-state index in [9.17, 15) is 4.79 Å². The average molecular weight is 323 g/mol. The summed E-state index contributed by atoms with van der Waals surface area (Å²) in [6.07, 6.45) is 3.51. The number of benzene rings is 2. The van der Waals surface area contributed by atoms with Gasteiger partial charge in [-0.05, 0) is 48.6 Å². The number of carbonyl (C=O) groups excluding carboxylic acids is 1. The Bertz CT molecular complexity index is 683. The molecular formula is C21H25NO2. The minimum Gasteiger partial charge on any atom is -0.457 e.